The number of hydrogen-bond donors (Lipinski definition) is 0. The van der Waals surface area contributed by atoms with Crippen molar-refractivity contribution in [2.75, 3.05) is 26.7 Å². The van der Waals surface area contributed by atoms with Gasteiger partial charge in [0.25, 0.3) is 0 Å². The number of hydrogen-bond acceptors (Lipinski definition) is 2. The van der Waals surface area contributed by atoms with Crippen molar-refractivity contribution in [3.8, 4) is 0 Å². The van der Waals surface area contributed by atoms with Gasteiger partial charge in [0.1, 0.15) is 0 Å². The Hall–Kier alpha value is -2.68. The molecule has 1 heterocycles. The molecule has 4 rings (SSSR count). The van der Waals surface area contributed by atoms with E-state index in [0.29, 0.717) is 6.04 Å². The van der Waals surface area contributed by atoms with Gasteiger partial charge in [-0.15, -0.1) is 0 Å². The number of benzene rings is 3. The zero-order chi connectivity index (χ0) is 19.2. The fourth-order valence-corrected chi connectivity index (χ4v) is 3.92. The summed E-state index contributed by atoms with van der Waals surface area (Å²) in [6.07, 6.45) is 2.41. The maximum Gasteiger partial charge on any atom is 0.0607 e. The topological polar surface area (TPSA) is 6.48 Å². The molecule has 0 N–H and O–H groups in total. The van der Waals surface area contributed by atoms with Crippen molar-refractivity contribution in [3.05, 3.63) is 119 Å². The molecule has 1 aliphatic heterocycles. The summed E-state index contributed by atoms with van der Waals surface area (Å²) in [5, 5.41) is 0. The Labute approximate surface area is 168 Å². The van der Waals surface area contributed by atoms with Crippen molar-refractivity contribution in [2.45, 2.75) is 12.6 Å². The van der Waals surface area contributed by atoms with Gasteiger partial charge in [-0.1, -0.05) is 97.1 Å². The first-order valence-electron chi connectivity index (χ1n) is 10.0. The molecule has 0 radical (unpaired) electrons. The number of nitrogens with zero attached hydrogens (tertiary/aromatic N) is 2. The molecule has 2 nitrogen and oxygen atoms in total. The van der Waals surface area contributed by atoms with Crippen LogP contribution in [0.3, 0.4) is 0 Å². The van der Waals surface area contributed by atoms with E-state index in [1.807, 2.05) is 0 Å². The Morgan fingerprint density at radius 3 is 1.82 bits per heavy atom. The van der Waals surface area contributed by atoms with Crippen molar-refractivity contribution >= 4 is 0 Å². The molecule has 0 aromatic heterocycles. The van der Waals surface area contributed by atoms with E-state index >= 15 is 0 Å². The van der Waals surface area contributed by atoms with Crippen LogP contribution in [-0.4, -0.2) is 36.5 Å². The molecule has 0 bridgehead atoms. The monoisotopic (exact) mass is 368 g/mol. The highest BCUT2D eigenvalue weighted by molar-refractivity contribution is 5.34. The predicted molar refractivity (Wildman–Crippen MR) is 117 cm³/mol. The molecule has 0 atom stereocenters. The molecule has 0 unspecified atom stereocenters. The molecule has 3 aromatic rings. The van der Waals surface area contributed by atoms with Crippen molar-refractivity contribution < 1.29 is 0 Å². The highest BCUT2D eigenvalue weighted by Gasteiger charge is 2.29. The van der Waals surface area contributed by atoms with Gasteiger partial charge in [-0.05, 0) is 29.3 Å². The lowest BCUT2D eigenvalue weighted by molar-refractivity contribution is 0.200. The summed E-state index contributed by atoms with van der Waals surface area (Å²) in [6, 6.07) is 32.7. The molecule has 0 saturated carbocycles. The first-order valence-corrected chi connectivity index (χ1v) is 10.0. The third-order valence-electron chi connectivity index (χ3n) is 5.40. The van der Waals surface area contributed by atoms with Gasteiger partial charge in [0.05, 0.1) is 6.04 Å². The summed E-state index contributed by atoms with van der Waals surface area (Å²) in [5.74, 6) is 0. The molecule has 1 saturated heterocycles. The lowest BCUT2D eigenvalue weighted by atomic mass is 9.93. The summed E-state index contributed by atoms with van der Waals surface area (Å²) in [6.45, 7) is 4.09. The highest BCUT2D eigenvalue weighted by Crippen LogP contribution is 2.33. The summed E-state index contributed by atoms with van der Waals surface area (Å²) >= 11 is 0. The van der Waals surface area contributed by atoms with Gasteiger partial charge in [0.15, 0.2) is 0 Å². The van der Waals surface area contributed by atoms with Gasteiger partial charge in [-0.2, -0.15) is 0 Å². The smallest absolute Gasteiger partial charge is 0.0607 e. The minimum atomic E-state index is 0.335. The van der Waals surface area contributed by atoms with Crippen LogP contribution < -0.4 is 0 Å². The third-order valence-corrected chi connectivity index (χ3v) is 5.40. The van der Waals surface area contributed by atoms with Crippen LogP contribution in [0.4, 0.5) is 0 Å². The fourth-order valence-electron chi connectivity index (χ4n) is 3.92. The molecule has 3 aromatic carbocycles. The first-order chi connectivity index (χ1) is 13.8. The molecule has 28 heavy (non-hydrogen) atoms. The van der Waals surface area contributed by atoms with E-state index in [1.54, 1.807) is 0 Å². The zero-order valence-electron chi connectivity index (χ0n) is 16.5. The summed E-state index contributed by atoms with van der Waals surface area (Å²) in [4.78, 5) is 4.94. The van der Waals surface area contributed by atoms with Crippen LogP contribution in [0.5, 0.6) is 0 Å². The van der Waals surface area contributed by atoms with E-state index in [9.17, 15) is 0 Å². The molecule has 0 aliphatic carbocycles. The molecular formula is C26H28N2. The van der Waals surface area contributed by atoms with Crippen molar-refractivity contribution in [3.63, 3.8) is 0 Å². The van der Waals surface area contributed by atoms with Gasteiger partial charge < -0.3 is 0 Å². The predicted octanol–water partition coefficient (Wildman–Crippen LogP) is 5.15. The zero-order valence-corrected chi connectivity index (χ0v) is 16.5. The average Bonchev–Trinajstić information content (AvgIpc) is 2.71. The second kappa shape index (κ2) is 9.01. The van der Waals surface area contributed by atoms with Crippen molar-refractivity contribution in [1.29, 1.82) is 0 Å². The second-order valence-corrected chi connectivity index (χ2v) is 7.67. The maximum absolute atomic E-state index is 2.56. The van der Waals surface area contributed by atoms with Gasteiger partial charge in [0, 0.05) is 26.2 Å². The Morgan fingerprint density at radius 1 is 0.786 bits per heavy atom. The number of rotatable bonds is 7. The lowest BCUT2D eigenvalue weighted by Crippen LogP contribution is -2.43. The van der Waals surface area contributed by atoms with Crippen LogP contribution in [0.15, 0.2) is 103 Å². The van der Waals surface area contributed by atoms with E-state index in [1.165, 1.54) is 22.3 Å². The standard InChI is InChI=1S/C26H28N2/c1-27(19-22-11-5-2-6-12-22)18-17-23-20-28(21-23)26(24-13-7-3-8-14-24)25-15-9-4-10-16-25/h2-17,26H,18-21H2,1H3. The Bertz CT molecular complexity index is 840. The second-order valence-electron chi connectivity index (χ2n) is 7.67. The van der Waals surface area contributed by atoms with Crippen molar-refractivity contribution in [2.24, 2.45) is 0 Å². The van der Waals surface area contributed by atoms with E-state index < -0.39 is 0 Å². The van der Waals surface area contributed by atoms with Crippen LogP contribution in [0.1, 0.15) is 22.7 Å². The molecule has 0 amide bonds. The lowest BCUT2D eigenvalue weighted by Gasteiger charge is -2.41. The van der Waals surface area contributed by atoms with E-state index in [-0.39, 0.29) is 0 Å². The van der Waals surface area contributed by atoms with Crippen LogP contribution >= 0.6 is 0 Å². The Balaban J connectivity index is 1.38. The molecule has 1 fully saturated rings. The Kier molecular flexibility index (Phi) is 6.01. The van der Waals surface area contributed by atoms with Gasteiger partial charge >= 0.3 is 0 Å². The SMILES string of the molecule is CN(CC=C1CN(C(c2ccccc2)c2ccccc2)C1)Cc1ccccc1. The van der Waals surface area contributed by atoms with Crippen LogP contribution in [-0.2, 0) is 6.54 Å². The largest absolute Gasteiger partial charge is 0.298 e. The van der Waals surface area contributed by atoms with Gasteiger partial charge in [-0.25, -0.2) is 0 Å². The highest BCUT2D eigenvalue weighted by atomic mass is 15.2. The Morgan fingerprint density at radius 2 is 1.29 bits per heavy atom. The van der Waals surface area contributed by atoms with Crippen LogP contribution in [0, 0.1) is 0 Å². The molecule has 1 aliphatic rings. The molecule has 0 spiro atoms. The quantitative estimate of drug-likeness (QED) is 0.532. The van der Waals surface area contributed by atoms with Gasteiger partial charge in [-0.3, -0.25) is 9.80 Å². The first kappa shape index (κ1) is 18.7. The fraction of sp³-hybridized carbons (Fsp3) is 0.231. The normalized spacial score (nSPS) is 14.3. The average molecular weight is 369 g/mol. The van der Waals surface area contributed by atoms with Crippen LogP contribution in [0.25, 0.3) is 0 Å². The molecule has 2 heteroatoms. The summed E-state index contributed by atoms with van der Waals surface area (Å²) < 4.78 is 0. The molecular weight excluding hydrogens is 340 g/mol. The summed E-state index contributed by atoms with van der Waals surface area (Å²) in [5.41, 5.74) is 5.64. The van der Waals surface area contributed by atoms with E-state index in [2.05, 4.69) is 114 Å². The van der Waals surface area contributed by atoms with Crippen LogP contribution in [0.2, 0.25) is 0 Å². The van der Waals surface area contributed by atoms with E-state index in [0.717, 1.165) is 26.2 Å². The van der Waals surface area contributed by atoms with Gasteiger partial charge in [0.2, 0.25) is 0 Å². The number of likely N-dealkylation sites (N-methyl/N-ethyl adjacent to an activating group) is 1. The van der Waals surface area contributed by atoms with E-state index in [4.69, 9.17) is 0 Å². The third kappa shape index (κ3) is 4.59. The van der Waals surface area contributed by atoms with Crippen molar-refractivity contribution in [1.82, 2.24) is 9.80 Å². The molecule has 142 valence electrons. The minimum Gasteiger partial charge on any atom is -0.298 e. The maximum atomic E-state index is 2.56. The number of likely N-dealkylation sites (tertiary alicyclic amines) is 1. The summed E-state index contributed by atoms with van der Waals surface area (Å²) in [7, 11) is 2.19. The minimum absolute atomic E-state index is 0.335.